The Kier molecular flexibility index (Phi) is 5.64. The first kappa shape index (κ1) is 14.6. The van der Waals surface area contributed by atoms with Gasteiger partial charge in [0.2, 0.25) is 0 Å². The molecule has 0 radical (unpaired) electrons. The van der Waals surface area contributed by atoms with Crippen LogP contribution >= 0.6 is 0 Å². The van der Waals surface area contributed by atoms with Crippen LogP contribution in [0.3, 0.4) is 0 Å². The number of nitrogens with one attached hydrogen (secondary N) is 1. The highest BCUT2D eigenvalue weighted by molar-refractivity contribution is 5.30. The van der Waals surface area contributed by atoms with Crippen molar-refractivity contribution in [3.05, 3.63) is 36.2 Å². The smallest absolute Gasteiger partial charge is 0.170 e. The third-order valence-corrected chi connectivity index (χ3v) is 2.69. The lowest BCUT2D eigenvalue weighted by Gasteiger charge is -2.08. The SMILES string of the molecule is CC(C)COCCNCc1nnnn1-c1ccccc1. The lowest BCUT2D eigenvalue weighted by molar-refractivity contribution is 0.111. The van der Waals surface area contributed by atoms with Gasteiger partial charge in [0.1, 0.15) is 0 Å². The van der Waals surface area contributed by atoms with Crippen molar-refractivity contribution in [2.24, 2.45) is 5.92 Å². The quantitative estimate of drug-likeness (QED) is 0.738. The van der Waals surface area contributed by atoms with Crippen LogP contribution in [0.2, 0.25) is 0 Å². The second-order valence-electron chi connectivity index (χ2n) is 4.99. The summed E-state index contributed by atoms with van der Waals surface area (Å²) in [5.41, 5.74) is 0.963. The van der Waals surface area contributed by atoms with Gasteiger partial charge in [0.05, 0.1) is 18.8 Å². The maximum atomic E-state index is 5.51. The summed E-state index contributed by atoms with van der Waals surface area (Å²) >= 11 is 0. The van der Waals surface area contributed by atoms with Crippen molar-refractivity contribution in [1.29, 1.82) is 0 Å². The molecule has 0 fully saturated rings. The topological polar surface area (TPSA) is 64.9 Å². The fourth-order valence-corrected chi connectivity index (χ4v) is 1.75. The highest BCUT2D eigenvalue weighted by atomic mass is 16.5. The standard InChI is InChI=1S/C14H21N5O/c1-12(2)11-20-9-8-15-10-14-16-17-18-19(14)13-6-4-3-5-7-13/h3-7,12,15H,8-11H2,1-2H3. The molecule has 0 aliphatic rings. The zero-order valence-electron chi connectivity index (χ0n) is 12.0. The van der Waals surface area contributed by atoms with E-state index in [0.29, 0.717) is 19.1 Å². The highest BCUT2D eigenvalue weighted by Gasteiger charge is 2.06. The van der Waals surface area contributed by atoms with Gasteiger partial charge in [0.25, 0.3) is 0 Å². The first-order valence-corrected chi connectivity index (χ1v) is 6.88. The van der Waals surface area contributed by atoms with Crippen LogP contribution in [0.1, 0.15) is 19.7 Å². The van der Waals surface area contributed by atoms with Gasteiger partial charge in [0.15, 0.2) is 5.82 Å². The third kappa shape index (κ3) is 4.40. The lowest BCUT2D eigenvalue weighted by atomic mass is 10.2. The molecule has 1 aromatic carbocycles. The molecule has 6 heteroatoms. The number of aromatic nitrogens is 4. The zero-order valence-corrected chi connectivity index (χ0v) is 12.0. The maximum absolute atomic E-state index is 5.51. The molecule has 108 valence electrons. The molecular formula is C14H21N5O. The number of nitrogens with zero attached hydrogens (tertiary/aromatic N) is 4. The predicted molar refractivity (Wildman–Crippen MR) is 76.5 cm³/mol. The summed E-state index contributed by atoms with van der Waals surface area (Å²) in [6.45, 7) is 7.18. The highest BCUT2D eigenvalue weighted by Crippen LogP contribution is 2.06. The minimum absolute atomic E-state index is 0.570. The Balaban J connectivity index is 1.78. The van der Waals surface area contributed by atoms with E-state index >= 15 is 0 Å². The Morgan fingerprint density at radius 2 is 2.05 bits per heavy atom. The number of rotatable bonds is 8. The van der Waals surface area contributed by atoms with Gasteiger partial charge in [-0.25, -0.2) is 0 Å². The van der Waals surface area contributed by atoms with Crippen LogP contribution < -0.4 is 5.32 Å². The van der Waals surface area contributed by atoms with Crippen LogP contribution in [0.25, 0.3) is 5.69 Å². The largest absolute Gasteiger partial charge is 0.380 e. The van der Waals surface area contributed by atoms with Gasteiger partial charge in [-0.1, -0.05) is 32.0 Å². The first-order valence-electron chi connectivity index (χ1n) is 6.88. The Morgan fingerprint density at radius 1 is 1.25 bits per heavy atom. The van der Waals surface area contributed by atoms with Crippen molar-refractivity contribution in [2.45, 2.75) is 20.4 Å². The monoisotopic (exact) mass is 275 g/mol. The molecule has 0 amide bonds. The van der Waals surface area contributed by atoms with E-state index in [1.54, 1.807) is 4.68 Å². The van der Waals surface area contributed by atoms with Gasteiger partial charge < -0.3 is 10.1 Å². The van der Waals surface area contributed by atoms with Gasteiger partial charge in [-0.2, -0.15) is 4.68 Å². The molecule has 0 aliphatic heterocycles. The van der Waals surface area contributed by atoms with Crippen LogP contribution in [-0.4, -0.2) is 40.0 Å². The first-order chi connectivity index (χ1) is 9.77. The number of benzene rings is 1. The molecule has 1 N–H and O–H groups in total. The lowest BCUT2D eigenvalue weighted by Crippen LogP contribution is -2.22. The Labute approximate surface area is 119 Å². The molecule has 0 atom stereocenters. The van der Waals surface area contributed by atoms with Crippen LogP contribution in [0.5, 0.6) is 0 Å². The van der Waals surface area contributed by atoms with E-state index in [4.69, 9.17) is 4.74 Å². The third-order valence-electron chi connectivity index (χ3n) is 2.69. The van der Waals surface area contributed by atoms with Gasteiger partial charge in [-0.05, 0) is 28.5 Å². The number of para-hydroxylation sites is 1. The van der Waals surface area contributed by atoms with Crippen molar-refractivity contribution in [2.75, 3.05) is 19.8 Å². The molecule has 6 nitrogen and oxygen atoms in total. The summed E-state index contributed by atoms with van der Waals surface area (Å²) in [5, 5.41) is 15.1. The molecular weight excluding hydrogens is 254 g/mol. The fourth-order valence-electron chi connectivity index (χ4n) is 1.75. The van der Waals surface area contributed by atoms with Gasteiger partial charge >= 0.3 is 0 Å². The van der Waals surface area contributed by atoms with Gasteiger partial charge in [-0.15, -0.1) is 5.10 Å². The summed E-state index contributed by atoms with van der Waals surface area (Å²) < 4.78 is 7.25. The molecule has 1 heterocycles. The average Bonchev–Trinajstić information content (AvgIpc) is 2.92. The molecule has 2 aromatic rings. The van der Waals surface area contributed by atoms with Crippen molar-refractivity contribution in [1.82, 2.24) is 25.5 Å². The Bertz CT molecular complexity index is 497. The second-order valence-corrected chi connectivity index (χ2v) is 4.99. The summed E-state index contributed by atoms with van der Waals surface area (Å²) in [7, 11) is 0. The Hall–Kier alpha value is -1.79. The molecule has 1 aromatic heterocycles. The van der Waals surface area contributed by atoms with E-state index in [-0.39, 0.29) is 0 Å². The number of tetrazole rings is 1. The zero-order chi connectivity index (χ0) is 14.2. The maximum Gasteiger partial charge on any atom is 0.170 e. The van der Waals surface area contributed by atoms with E-state index in [1.165, 1.54) is 0 Å². The van der Waals surface area contributed by atoms with Crippen LogP contribution in [0.4, 0.5) is 0 Å². The molecule has 0 saturated carbocycles. The van der Waals surface area contributed by atoms with Crippen LogP contribution in [0, 0.1) is 5.92 Å². The van der Waals surface area contributed by atoms with E-state index < -0.39 is 0 Å². The number of ether oxygens (including phenoxy) is 1. The predicted octanol–water partition coefficient (Wildman–Crippen LogP) is 1.42. The molecule has 0 spiro atoms. The fraction of sp³-hybridized carbons (Fsp3) is 0.500. The molecule has 2 rings (SSSR count). The van der Waals surface area contributed by atoms with Gasteiger partial charge in [-0.3, -0.25) is 0 Å². The minimum atomic E-state index is 0.570. The van der Waals surface area contributed by atoms with E-state index in [2.05, 4.69) is 34.7 Å². The molecule has 0 unspecified atom stereocenters. The average molecular weight is 275 g/mol. The Morgan fingerprint density at radius 3 is 2.80 bits per heavy atom. The van der Waals surface area contributed by atoms with Crippen LogP contribution in [0.15, 0.2) is 30.3 Å². The molecule has 0 bridgehead atoms. The van der Waals surface area contributed by atoms with E-state index in [0.717, 1.165) is 24.7 Å². The normalized spacial score (nSPS) is 11.2. The van der Waals surface area contributed by atoms with E-state index in [1.807, 2.05) is 30.3 Å². The molecule has 0 aliphatic carbocycles. The molecule has 20 heavy (non-hydrogen) atoms. The summed E-state index contributed by atoms with van der Waals surface area (Å²) in [6.07, 6.45) is 0. The van der Waals surface area contributed by atoms with Crippen molar-refractivity contribution >= 4 is 0 Å². The van der Waals surface area contributed by atoms with Gasteiger partial charge in [0, 0.05) is 13.2 Å². The second kappa shape index (κ2) is 7.72. The van der Waals surface area contributed by atoms with Crippen molar-refractivity contribution < 1.29 is 4.74 Å². The number of hydrogen-bond acceptors (Lipinski definition) is 5. The van der Waals surface area contributed by atoms with E-state index in [9.17, 15) is 0 Å². The van der Waals surface area contributed by atoms with Crippen LogP contribution in [-0.2, 0) is 11.3 Å². The number of hydrogen-bond donors (Lipinski definition) is 1. The summed E-state index contributed by atoms with van der Waals surface area (Å²) in [4.78, 5) is 0. The molecule has 0 saturated heterocycles. The van der Waals surface area contributed by atoms with Crippen molar-refractivity contribution in [3.63, 3.8) is 0 Å². The minimum Gasteiger partial charge on any atom is -0.380 e. The summed E-state index contributed by atoms with van der Waals surface area (Å²) in [5.74, 6) is 1.36. The summed E-state index contributed by atoms with van der Waals surface area (Å²) in [6, 6.07) is 9.86. The van der Waals surface area contributed by atoms with Crippen molar-refractivity contribution in [3.8, 4) is 5.69 Å².